The molecule has 3 atom stereocenters. The number of piperazine rings is 1. The van der Waals surface area contributed by atoms with Gasteiger partial charge in [0.05, 0.1) is 11.8 Å². The van der Waals surface area contributed by atoms with Crippen molar-refractivity contribution in [2.45, 2.75) is 31.8 Å². The smallest absolute Gasteiger partial charge is 0.0775 e. The Morgan fingerprint density at radius 1 is 1.05 bits per heavy atom. The van der Waals surface area contributed by atoms with E-state index in [1.165, 1.54) is 24.8 Å². The van der Waals surface area contributed by atoms with Gasteiger partial charge < -0.3 is 5.21 Å². The van der Waals surface area contributed by atoms with Gasteiger partial charge in [-0.1, -0.05) is 35.5 Å². The lowest BCUT2D eigenvalue weighted by atomic mass is 9.91. The van der Waals surface area contributed by atoms with E-state index in [1.807, 2.05) is 0 Å². The van der Waals surface area contributed by atoms with Crippen molar-refractivity contribution >= 4 is 5.71 Å². The highest BCUT2D eigenvalue weighted by molar-refractivity contribution is 5.94. The molecule has 1 saturated heterocycles. The van der Waals surface area contributed by atoms with Crippen LogP contribution in [0.2, 0.25) is 0 Å². The van der Waals surface area contributed by atoms with Crippen molar-refractivity contribution in [2.75, 3.05) is 26.2 Å². The fourth-order valence-corrected chi connectivity index (χ4v) is 4.72. The number of hydrogen-bond acceptors (Lipinski definition) is 4. The zero-order chi connectivity index (χ0) is 14.9. The number of nitrogens with zero attached hydrogens (tertiary/aromatic N) is 3. The average molecular weight is 299 g/mol. The van der Waals surface area contributed by atoms with Crippen molar-refractivity contribution < 1.29 is 5.21 Å². The second-order valence-electron chi connectivity index (χ2n) is 7.04. The molecule has 2 saturated carbocycles. The number of oxime groups is 1. The molecule has 22 heavy (non-hydrogen) atoms. The fraction of sp³-hybridized carbons (Fsp3) is 0.611. The van der Waals surface area contributed by atoms with E-state index >= 15 is 0 Å². The minimum absolute atomic E-state index is 0.419. The highest BCUT2D eigenvalue weighted by Crippen LogP contribution is 2.45. The van der Waals surface area contributed by atoms with E-state index in [0.29, 0.717) is 12.0 Å². The van der Waals surface area contributed by atoms with Crippen LogP contribution in [-0.2, 0) is 6.54 Å². The van der Waals surface area contributed by atoms with Crippen LogP contribution in [0.1, 0.15) is 24.8 Å². The standard InChI is InChI=1S/C18H25N3O/c22-19-17-15-6-7-16(12-15)18(17)21-10-8-20(9-11-21)13-14-4-2-1-3-5-14/h1-5,15-16,18,22H,6-13H2/b19-17+/t15-,16+,18+/m0/s1. The maximum Gasteiger partial charge on any atom is 0.0775 e. The van der Waals surface area contributed by atoms with E-state index in [-0.39, 0.29) is 0 Å². The molecule has 0 amide bonds. The number of fused-ring (bicyclic) bond motifs is 2. The van der Waals surface area contributed by atoms with Crippen molar-refractivity contribution in [2.24, 2.45) is 17.0 Å². The summed E-state index contributed by atoms with van der Waals surface area (Å²) in [6.45, 7) is 5.47. The van der Waals surface area contributed by atoms with Crippen LogP contribution in [0.15, 0.2) is 35.5 Å². The van der Waals surface area contributed by atoms with E-state index in [2.05, 4.69) is 45.3 Å². The SMILES string of the molecule is O/N=C1\[C@H]2CC[C@H](C2)[C@H]1N1CCN(Cc2ccccc2)CC1. The molecule has 3 aliphatic rings. The van der Waals surface area contributed by atoms with Gasteiger partial charge in [-0.3, -0.25) is 9.80 Å². The highest BCUT2D eigenvalue weighted by atomic mass is 16.4. The van der Waals surface area contributed by atoms with Crippen LogP contribution < -0.4 is 0 Å². The third-order valence-corrected chi connectivity index (χ3v) is 5.81. The van der Waals surface area contributed by atoms with Crippen LogP contribution in [0, 0.1) is 11.8 Å². The number of benzene rings is 1. The van der Waals surface area contributed by atoms with Gasteiger partial charge in [-0.05, 0) is 30.7 Å². The molecule has 0 radical (unpaired) electrons. The van der Waals surface area contributed by atoms with E-state index < -0.39 is 0 Å². The molecule has 2 aliphatic carbocycles. The lowest BCUT2D eigenvalue weighted by Crippen LogP contribution is -2.54. The van der Waals surface area contributed by atoms with Crippen LogP contribution in [0.5, 0.6) is 0 Å². The minimum Gasteiger partial charge on any atom is -0.411 e. The maximum absolute atomic E-state index is 9.39. The Morgan fingerprint density at radius 3 is 2.55 bits per heavy atom. The molecule has 0 aromatic heterocycles. The average Bonchev–Trinajstić information content (AvgIpc) is 3.17. The van der Waals surface area contributed by atoms with Gasteiger partial charge in [0.25, 0.3) is 0 Å². The summed E-state index contributed by atoms with van der Waals surface area (Å²) < 4.78 is 0. The van der Waals surface area contributed by atoms with Gasteiger partial charge in [0, 0.05) is 38.6 Å². The Labute approximate surface area is 132 Å². The second kappa shape index (κ2) is 6.01. The molecule has 4 nitrogen and oxygen atoms in total. The van der Waals surface area contributed by atoms with Crippen molar-refractivity contribution in [3.05, 3.63) is 35.9 Å². The summed E-state index contributed by atoms with van der Waals surface area (Å²) in [7, 11) is 0. The van der Waals surface area contributed by atoms with E-state index in [1.54, 1.807) is 0 Å². The maximum atomic E-state index is 9.39. The van der Waals surface area contributed by atoms with Crippen LogP contribution >= 0.6 is 0 Å². The lowest BCUT2D eigenvalue weighted by molar-refractivity contribution is 0.0946. The molecule has 0 unspecified atom stereocenters. The molecule has 0 spiro atoms. The summed E-state index contributed by atoms with van der Waals surface area (Å²) in [4.78, 5) is 5.11. The quantitative estimate of drug-likeness (QED) is 0.688. The zero-order valence-electron chi connectivity index (χ0n) is 13.1. The molecular weight excluding hydrogens is 274 g/mol. The van der Waals surface area contributed by atoms with Gasteiger partial charge in [-0.15, -0.1) is 0 Å². The van der Waals surface area contributed by atoms with Gasteiger partial charge in [0.15, 0.2) is 0 Å². The third-order valence-electron chi connectivity index (χ3n) is 5.81. The molecule has 1 N–H and O–H groups in total. The van der Waals surface area contributed by atoms with E-state index in [0.717, 1.165) is 44.4 Å². The summed E-state index contributed by atoms with van der Waals surface area (Å²) >= 11 is 0. The summed E-state index contributed by atoms with van der Waals surface area (Å²) in [6, 6.07) is 11.1. The Bertz CT molecular complexity index is 537. The number of hydrogen-bond donors (Lipinski definition) is 1. The predicted octanol–water partition coefficient (Wildman–Crippen LogP) is 2.43. The monoisotopic (exact) mass is 299 g/mol. The minimum atomic E-state index is 0.419. The van der Waals surface area contributed by atoms with Crippen LogP contribution in [-0.4, -0.2) is 52.9 Å². The van der Waals surface area contributed by atoms with Gasteiger partial charge in [-0.2, -0.15) is 0 Å². The van der Waals surface area contributed by atoms with Crippen molar-refractivity contribution in [3.8, 4) is 0 Å². The Hall–Kier alpha value is -1.39. The van der Waals surface area contributed by atoms with Gasteiger partial charge in [-0.25, -0.2) is 0 Å². The Morgan fingerprint density at radius 2 is 1.82 bits per heavy atom. The zero-order valence-corrected chi connectivity index (χ0v) is 13.1. The largest absolute Gasteiger partial charge is 0.411 e. The fourth-order valence-electron chi connectivity index (χ4n) is 4.72. The number of rotatable bonds is 3. The summed E-state index contributed by atoms with van der Waals surface area (Å²) in [6.07, 6.45) is 3.79. The first-order valence-electron chi connectivity index (χ1n) is 8.57. The normalized spacial score (nSPS) is 34.5. The second-order valence-corrected chi connectivity index (χ2v) is 7.04. The molecule has 1 heterocycles. The van der Waals surface area contributed by atoms with Crippen LogP contribution in [0.25, 0.3) is 0 Å². The van der Waals surface area contributed by atoms with Crippen molar-refractivity contribution in [1.82, 2.24) is 9.80 Å². The first-order chi connectivity index (χ1) is 10.8. The van der Waals surface area contributed by atoms with Crippen molar-refractivity contribution in [1.29, 1.82) is 0 Å². The molecule has 1 aromatic rings. The summed E-state index contributed by atoms with van der Waals surface area (Å²) in [5.41, 5.74) is 2.47. The van der Waals surface area contributed by atoms with E-state index in [4.69, 9.17) is 0 Å². The predicted molar refractivity (Wildman–Crippen MR) is 87.1 cm³/mol. The topological polar surface area (TPSA) is 39.1 Å². The first-order valence-corrected chi connectivity index (χ1v) is 8.57. The van der Waals surface area contributed by atoms with Gasteiger partial charge in [0.1, 0.15) is 0 Å². The lowest BCUT2D eigenvalue weighted by Gasteiger charge is -2.41. The molecule has 1 aromatic carbocycles. The molecule has 4 rings (SSSR count). The molecule has 4 heteroatoms. The van der Waals surface area contributed by atoms with E-state index in [9.17, 15) is 5.21 Å². The van der Waals surface area contributed by atoms with Gasteiger partial charge >= 0.3 is 0 Å². The van der Waals surface area contributed by atoms with Crippen molar-refractivity contribution in [3.63, 3.8) is 0 Å². The summed E-state index contributed by atoms with van der Waals surface area (Å²) in [5, 5.41) is 13.1. The highest BCUT2D eigenvalue weighted by Gasteiger charge is 2.48. The Kier molecular flexibility index (Phi) is 3.89. The molecule has 1 aliphatic heterocycles. The molecule has 3 fully saturated rings. The molecule has 2 bridgehead atoms. The molecule has 118 valence electrons. The third kappa shape index (κ3) is 2.55. The first kappa shape index (κ1) is 14.2. The van der Waals surface area contributed by atoms with Gasteiger partial charge in [0.2, 0.25) is 0 Å². The Balaban J connectivity index is 1.36. The summed E-state index contributed by atoms with van der Waals surface area (Å²) in [5.74, 6) is 1.29. The molecular formula is C18H25N3O. The van der Waals surface area contributed by atoms with Crippen LogP contribution in [0.3, 0.4) is 0 Å². The van der Waals surface area contributed by atoms with Crippen LogP contribution in [0.4, 0.5) is 0 Å².